The Labute approximate surface area is 128 Å². The summed E-state index contributed by atoms with van der Waals surface area (Å²) in [4.78, 5) is 0. The Bertz CT molecular complexity index is 557. The zero-order valence-electron chi connectivity index (χ0n) is 13.7. The van der Waals surface area contributed by atoms with Crippen molar-refractivity contribution in [2.75, 3.05) is 13.6 Å². The largest absolute Gasteiger partial charge is 0.319 e. The van der Waals surface area contributed by atoms with Crippen LogP contribution in [0.25, 0.3) is 0 Å². The molecule has 2 aromatic rings. The third kappa shape index (κ3) is 3.94. The van der Waals surface area contributed by atoms with Crippen LogP contribution in [0.2, 0.25) is 0 Å². The van der Waals surface area contributed by atoms with E-state index < -0.39 is 0 Å². The highest BCUT2D eigenvalue weighted by Gasteiger charge is 2.16. The quantitative estimate of drug-likeness (QED) is 0.844. The fraction of sp³-hybridized carbons (Fsp3) is 0.500. The maximum absolute atomic E-state index is 4.73. The number of benzene rings is 1. The molecule has 3 nitrogen and oxygen atoms in total. The summed E-state index contributed by atoms with van der Waals surface area (Å²) in [7, 11) is 2.01. The molecule has 1 heterocycles. The van der Waals surface area contributed by atoms with Crippen LogP contribution in [0, 0.1) is 13.8 Å². The highest BCUT2D eigenvalue weighted by molar-refractivity contribution is 5.28. The Balaban J connectivity index is 1.99. The highest BCUT2D eigenvalue weighted by Crippen LogP contribution is 2.23. The summed E-state index contributed by atoms with van der Waals surface area (Å²) in [6.45, 7) is 8.58. The van der Waals surface area contributed by atoms with E-state index in [1.807, 2.05) is 7.05 Å². The van der Waals surface area contributed by atoms with E-state index in [1.165, 1.54) is 22.5 Å². The fourth-order valence-corrected chi connectivity index (χ4v) is 3.13. The summed E-state index contributed by atoms with van der Waals surface area (Å²) in [6, 6.07) is 10.7. The van der Waals surface area contributed by atoms with Crippen molar-refractivity contribution in [1.29, 1.82) is 0 Å². The maximum atomic E-state index is 4.73. The first-order valence-electron chi connectivity index (χ1n) is 7.86. The molecule has 2 rings (SSSR count). The van der Waals surface area contributed by atoms with Crippen LogP contribution in [-0.2, 0) is 13.0 Å². The molecule has 0 amide bonds. The third-order valence-electron chi connectivity index (χ3n) is 4.12. The minimum absolute atomic E-state index is 0.512. The molecule has 1 atom stereocenters. The van der Waals surface area contributed by atoms with Gasteiger partial charge in [-0.15, -0.1) is 0 Å². The van der Waals surface area contributed by atoms with Gasteiger partial charge in [-0.1, -0.05) is 37.3 Å². The summed E-state index contributed by atoms with van der Waals surface area (Å²) in [6.07, 6.45) is 2.24. The normalized spacial score (nSPS) is 12.6. The molecule has 0 spiro atoms. The minimum Gasteiger partial charge on any atom is -0.319 e. The predicted octanol–water partition coefficient (Wildman–Crippen LogP) is 3.46. The van der Waals surface area contributed by atoms with Gasteiger partial charge in [-0.2, -0.15) is 5.10 Å². The van der Waals surface area contributed by atoms with Crippen LogP contribution in [0.5, 0.6) is 0 Å². The van der Waals surface area contributed by atoms with Crippen LogP contribution in [0.3, 0.4) is 0 Å². The number of hydrogen-bond acceptors (Lipinski definition) is 2. The van der Waals surface area contributed by atoms with Crippen molar-refractivity contribution in [3.63, 3.8) is 0 Å². The van der Waals surface area contributed by atoms with Gasteiger partial charge in [0.1, 0.15) is 0 Å². The van der Waals surface area contributed by atoms with Crippen LogP contribution in [0.4, 0.5) is 0 Å². The van der Waals surface area contributed by atoms with Gasteiger partial charge in [0.25, 0.3) is 0 Å². The summed E-state index contributed by atoms with van der Waals surface area (Å²) >= 11 is 0. The lowest BCUT2D eigenvalue weighted by atomic mass is 9.99. The molecule has 0 radical (unpaired) electrons. The summed E-state index contributed by atoms with van der Waals surface area (Å²) in [5, 5.41) is 7.99. The second-order valence-electron chi connectivity index (χ2n) is 5.86. The molecule has 1 aromatic heterocycles. The lowest BCUT2D eigenvalue weighted by Crippen LogP contribution is -2.16. The molecule has 0 bridgehead atoms. The van der Waals surface area contributed by atoms with Crippen molar-refractivity contribution in [1.82, 2.24) is 15.1 Å². The van der Waals surface area contributed by atoms with Gasteiger partial charge in [-0.3, -0.25) is 4.68 Å². The molecule has 0 saturated carbocycles. The van der Waals surface area contributed by atoms with Crippen LogP contribution >= 0.6 is 0 Å². The van der Waals surface area contributed by atoms with Crippen molar-refractivity contribution >= 4 is 0 Å². The number of nitrogens with zero attached hydrogens (tertiary/aromatic N) is 2. The van der Waals surface area contributed by atoms with Gasteiger partial charge in [-0.05, 0) is 50.8 Å². The van der Waals surface area contributed by atoms with E-state index in [4.69, 9.17) is 5.10 Å². The van der Waals surface area contributed by atoms with Gasteiger partial charge in [-0.25, -0.2) is 0 Å². The van der Waals surface area contributed by atoms with Gasteiger partial charge >= 0.3 is 0 Å². The minimum atomic E-state index is 0.512. The molecule has 0 aliphatic rings. The molecule has 1 unspecified atom stereocenters. The van der Waals surface area contributed by atoms with E-state index in [0.717, 1.165) is 25.9 Å². The van der Waals surface area contributed by atoms with Crippen LogP contribution < -0.4 is 5.32 Å². The second kappa shape index (κ2) is 7.41. The van der Waals surface area contributed by atoms with E-state index in [-0.39, 0.29) is 0 Å². The maximum Gasteiger partial charge on any atom is 0.0631 e. The van der Waals surface area contributed by atoms with Crippen molar-refractivity contribution in [3.05, 3.63) is 52.8 Å². The van der Waals surface area contributed by atoms with Crippen molar-refractivity contribution in [3.8, 4) is 0 Å². The average Bonchev–Trinajstić information content (AvgIpc) is 2.75. The smallest absolute Gasteiger partial charge is 0.0631 e. The number of nitrogens with one attached hydrogen (secondary N) is 1. The van der Waals surface area contributed by atoms with Gasteiger partial charge < -0.3 is 5.32 Å². The van der Waals surface area contributed by atoms with Crippen molar-refractivity contribution in [2.45, 2.75) is 46.1 Å². The lowest BCUT2D eigenvalue weighted by molar-refractivity contribution is 0.560. The first kappa shape index (κ1) is 15.8. The molecule has 0 aliphatic heterocycles. The SMILES string of the molecule is CNCC(C)c1c(C)nn(CCCc2ccccc2)c1C. The Kier molecular flexibility index (Phi) is 5.57. The fourth-order valence-electron chi connectivity index (χ4n) is 3.13. The van der Waals surface area contributed by atoms with Crippen molar-refractivity contribution < 1.29 is 0 Å². The zero-order valence-corrected chi connectivity index (χ0v) is 13.7. The predicted molar refractivity (Wildman–Crippen MR) is 88.8 cm³/mol. The lowest BCUT2D eigenvalue weighted by Gasteiger charge is -2.12. The Hall–Kier alpha value is -1.61. The molecule has 3 heteroatoms. The Morgan fingerprint density at radius 1 is 1.19 bits per heavy atom. The topological polar surface area (TPSA) is 29.9 Å². The van der Waals surface area contributed by atoms with Crippen LogP contribution in [0.15, 0.2) is 30.3 Å². The number of aryl methyl sites for hydroxylation is 3. The summed E-state index contributed by atoms with van der Waals surface area (Å²) < 4.78 is 2.18. The molecule has 0 fully saturated rings. The van der Waals surface area contributed by atoms with Crippen LogP contribution in [-0.4, -0.2) is 23.4 Å². The molecule has 1 aromatic carbocycles. The van der Waals surface area contributed by atoms with Crippen molar-refractivity contribution in [2.24, 2.45) is 0 Å². The number of aromatic nitrogens is 2. The average molecular weight is 285 g/mol. The Morgan fingerprint density at radius 2 is 1.90 bits per heavy atom. The molecular formula is C18H27N3. The number of likely N-dealkylation sites (N-methyl/N-ethyl adjacent to an activating group) is 1. The standard InChI is InChI=1S/C18H27N3/c1-14(13-19-4)18-15(2)20-21(16(18)3)12-8-11-17-9-6-5-7-10-17/h5-7,9-10,14,19H,8,11-13H2,1-4H3. The number of hydrogen-bond donors (Lipinski definition) is 1. The van der Waals surface area contributed by atoms with Crippen LogP contribution in [0.1, 0.15) is 41.8 Å². The zero-order chi connectivity index (χ0) is 15.2. The van der Waals surface area contributed by atoms with E-state index in [0.29, 0.717) is 5.92 Å². The second-order valence-corrected chi connectivity index (χ2v) is 5.86. The Morgan fingerprint density at radius 3 is 2.57 bits per heavy atom. The summed E-state index contributed by atoms with van der Waals surface area (Å²) in [5.74, 6) is 0.512. The first-order chi connectivity index (χ1) is 10.1. The third-order valence-corrected chi connectivity index (χ3v) is 4.12. The molecule has 0 aliphatic carbocycles. The van der Waals surface area contributed by atoms with E-state index in [9.17, 15) is 0 Å². The van der Waals surface area contributed by atoms with Gasteiger partial charge in [0.15, 0.2) is 0 Å². The number of rotatable bonds is 7. The molecule has 21 heavy (non-hydrogen) atoms. The van der Waals surface area contributed by atoms with Gasteiger partial charge in [0, 0.05) is 18.8 Å². The first-order valence-corrected chi connectivity index (χ1v) is 7.86. The summed E-state index contributed by atoms with van der Waals surface area (Å²) in [5.41, 5.74) is 5.31. The highest BCUT2D eigenvalue weighted by atomic mass is 15.3. The van der Waals surface area contributed by atoms with E-state index >= 15 is 0 Å². The van der Waals surface area contributed by atoms with E-state index in [2.05, 4.69) is 61.1 Å². The van der Waals surface area contributed by atoms with Gasteiger partial charge in [0.05, 0.1) is 5.69 Å². The monoisotopic (exact) mass is 285 g/mol. The van der Waals surface area contributed by atoms with E-state index in [1.54, 1.807) is 0 Å². The molecular weight excluding hydrogens is 258 g/mol. The van der Waals surface area contributed by atoms with Gasteiger partial charge in [0.2, 0.25) is 0 Å². The molecule has 114 valence electrons. The molecule has 0 saturated heterocycles. The molecule has 1 N–H and O–H groups in total.